The van der Waals surface area contributed by atoms with Crippen molar-refractivity contribution in [3.63, 3.8) is 0 Å². The molecule has 0 spiro atoms. The van der Waals surface area contributed by atoms with Gasteiger partial charge in [0.15, 0.2) is 5.82 Å². The zero-order chi connectivity index (χ0) is 39.4. The minimum atomic E-state index is -0.969. The van der Waals surface area contributed by atoms with E-state index >= 15 is 8.78 Å². The first-order valence-electron chi connectivity index (χ1n) is 19.8. The number of nitrogens with zero attached hydrogens (tertiary/aromatic N) is 6. The molecule has 11 nitrogen and oxygen atoms in total. The molecule has 3 saturated carbocycles. The van der Waals surface area contributed by atoms with E-state index in [1.165, 1.54) is 36.5 Å². The van der Waals surface area contributed by atoms with Crippen LogP contribution in [0.1, 0.15) is 63.4 Å². The Morgan fingerprint density at radius 1 is 1.11 bits per heavy atom. The van der Waals surface area contributed by atoms with Gasteiger partial charge in [0, 0.05) is 60.8 Å². The monoisotopic (exact) mass is 777 g/mol. The second-order valence-electron chi connectivity index (χ2n) is 17.1. The number of aromatic hydroxyl groups is 1. The number of ether oxygens (including phenoxy) is 1. The summed E-state index contributed by atoms with van der Waals surface area (Å²) in [6.07, 6.45) is 13.8. The number of hydrogen-bond acceptors (Lipinski definition) is 9. The number of halogens is 3. The van der Waals surface area contributed by atoms with Crippen molar-refractivity contribution < 1.29 is 32.6 Å². The number of piperazine rings is 1. The van der Waals surface area contributed by atoms with E-state index < -0.39 is 28.8 Å². The molecule has 6 heterocycles. The molecule has 2 aromatic heterocycles. The number of pyridine rings is 1. The number of nitrogens with one attached hydrogen (secondary N) is 1. The molecule has 2 N–H and O–H groups in total. The maximum Gasteiger partial charge on any atom is 0.319 e. The zero-order valence-corrected chi connectivity index (χ0v) is 31.4. The predicted molar refractivity (Wildman–Crippen MR) is 206 cm³/mol. The van der Waals surface area contributed by atoms with Gasteiger partial charge in [0.25, 0.3) is 0 Å². The average Bonchev–Trinajstić information content (AvgIpc) is 3.98. The Labute approximate surface area is 327 Å². The number of amides is 2. The Hall–Kier alpha value is -5.42. The fourth-order valence-electron chi connectivity index (χ4n) is 11.4. The van der Waals surface area contributed by atoms with Gasteiger partial charge in [-0.15, -0.1) is 6.42 Å². The number of benzene rings is 2. The van der Waals surface area contributed by atoms with E-state index in [-0.39, 0.29) is 75.5 Å². The van der Waals surface area contributed by atoms with Crippen molar-refractivity contribution in [2.45, 2.75) is 87.1 Å². The highest BCUT2D eigenvalue weighted by Gasteiger charge is 2.67. The summed E-state index contributed by atoms with van der Waals surface area (Å²) >= 11 is 0. The van der Waals surface area contributed by atoms with Crippen molar-refractivity contribution in [2.75, 3.05) is 37.7 Å². The highest BCUT2D eigenvalue weighted by molar-refractivity contribution is 6.03. The van der Waals surface area contributed by atoms with E-state index in [9.17, 15) is 19.1 Å². The summed E-state index contributed by atoms with van der Waals surface area (Å²) in [5.74, 6) is 0.999. The molecule has 3 aliphatic carbocycles. The third kappa shape index (κ3) is 5.48. The molecule has 14 heteroatoms. The number of alkyl halides is 1. The minimum Gasteiger partial charge on any atom is -0.508 e. The van der Waals surface area contributed by atoms with Crippen LogP contribution in [0.15, 0.2) is 43.1 Å². The third-order valence-corrected chi connectivity index (χ3v) is 13.8. The molecular formula is C43H42F3N7O4. The van der Waals surface area contributed by atoms with Crippen molar-refractivity contribution in [3.05, 3.63) is 60.3 Å². The van der Waals surface area contributed by atoms with Crippen LogP contribution in [0.5, 0.6) is 11.8 Å². The molecule has 4 bridgehead atoms. The number of phenols is 1. The number of terminal acetylenes is 1. The lowest BCUT2D eigenvalue weighted by molar-refractivity contribution is -0.152. The molecule has 11 rings (SSSR count). The van der Waals surface area contributed by atoms with Crippen LogP contribution in [0.2, 0.25) is 0 Å². The van der Waals surface area contributed by atoms with Gasteiger partial charge in [-0.2, -0.15) is 9.97 Å². The first-order valence-corrected chi connectivity index (χ1v) is 19.8. The fourth-order valence-corrected chi connectivity index (χ4v) is 11.4. The molecule has 2 amide bonds. The van der Waals surface area contributed by atoms with Gasteiger partial charge in [-0.3, -0.25) is 19.5 Å². The number of hydrogen-bond donors (Lipinski definition) is 2. The average molecular weight is 778 g/mol. The first kappa shape index (κ1) is 36.0. The first-order chi connectivity index (χ1) is 27.4. The maximum atomic E-state index is 17.2. The van der Waals surface area contributed by atoms with E-state index in [0.717, 1.165) is 45.1 Å². The molecule has 57 heavy (non-hydrogen) atoms. The number of carbonyl (C=O) groups excluding carboxylic acids is 2. The minimum absolute atomic E-state index is 0.0729. The lowest BCUT2D eigenvalue weighted by Gasteiger charge is -2.51. The van der Waals surface area contributed by atoms with Crippen LogP contribution >= 0.6 is 0 Å². The quantitative estimate of drug-likeness (QED) is 0.175. The molecule has 4 saturated heterocycles. The molecule has 294 valence electrons. The Morgan fingerprint density at radius 2 is 1.89 bits per heavy atom. The topological polar surface area (TPSA) is 124 Å². The highest BCUT2D eigenvalue weighted by Crippen LogP contribution is 2.63. The summed E-state index contributed by atoms with van der Waals surface area (Å²) < 4.78 is 53.2. The SMILES string of the molecule is C#Cc1c(F)ccc2cc(O)cc(-c3ncc4c(N5CC6CCC(C5)N6C(=O)C56CCC(NC(=O)C=C)(C5)C6)nc(OCC56CCCN5CC(F)C6)nc4c3F)c12. The van der Waals surface area contributed by atoms with Crippen LogP contribution in [0.3, 0.4) is 0 Å². The van der Waals surface area contributed by atoms with Gasteiger partial charge >= 0.3 is 6.01 Å². The van der Waals surface area contributed by atoms with E-state index in [4.69, 9.17) is 16.1 Å². The number of rotatable bonds is 8. The van der Waals surface area contributed by atoms with Gasteiger partial charge in [0.1, 0.15) is 41.4 Å². The summed E-state index contributed by atoms with van der Waals surface area (Å²) in [5.41, 5.74) is -1.62. The van der Waals surface area contributed by atoms with E-state index in [1.807, 2.05) is 4.90 Å². The molecular weight excluding hydrogens is 736 g/mol. The summed E-state index contributed by atoms with van der Waals surface area (Å²) in [5, 5.41) is 14.7. The Kier molecular flexibility index (Phi) is 8.07. The predicted octanol–water partition coefficient (Wildman–Crippen LogP) is 5.56. The van der Waals surface area contributed by atoms with Crippen LogP contribution in [0.4, 0.5) is 19.0 Å². The van der Waals surface area contributed by atoms with Crippen LogP contribution in [0.25, 0.3) is 32.9 Å². The molecule has 0 radical (unpaired) electrons. The molecule has 7 aliphatic rings. The molecule has 7 fully saturated rings. The van der Waals surface area contributed by atoms with Gasteiger partial charge in [-0.05, 0) is 87.6 Å². The third-order valence-electron chi connectivity index (χ3n) is 13.8. The number of carbonyl (C=O) groups is 2. The molecule has 4 atom stereocenters. The fraction of sp³-hybridized carbons (Fsp3) is 0.465. The van der Waals surface area contributed by atoms with Crippen molar-refractivity contribution in [1.82, 2.24) is 30.1 Å². The van der Waals surface area contributed by atoms with Crippen molar-refractivity contribution in [3.8, 4) is 35.4 Å². The zero-order valence-electron chi connectivity index (χ0n) is 31.4. The summed E-state index contributed by atoms with van der Waals surface area (Å²) in [6, 6.07) is 5.09. The summed E-state index contributed by atoms with van der Waals surface area (Å²) in [7, 11) is 0. The van der Waals surface area contributed by atoms with Crippen LogP contribution in [-0.2, 0) is 9.59 Å². The standard InChI is InChI=1S/C43H42F3N7O4/c1-3-29-32(45)9-6-24-14-28(54)15-30(34(24)29)36-35(46)37-31(17-47-36)38(49-40(48-37)57-23-43-10-5-13-52(43)18-25(44)16-43)51-19-26-7-8-27(20-51)53(26)39(56)41-11-12-42(21-41,22-41)50-33(55)4-2/h1,4,6,9,14-15,17,25-27,54H,2,5,7-8,10-13,16,18-23H2,(H,50,55). The van der Waals surface area contributed by atoms with Crippen molar-refractivity contribution >= 4 is 39.3 Å². The van der Waals surface area contributed by atoms with Gasteiger partial charge < -0.3 is 25.0 Å². The lowest BCUT2D eigenvalue weighted by atomic mass is 9.64. The van der Waals surface area contributed by atoms with Gasteiger partial charge in [-0.25, -0.2) is 13.2 Å². The van der Waals surface area contributed by atoms with E-state index in [1.54, 1.807) is 0 Å². The number of phenolic OH excluding ortho intramolecular Hbond substituents is 1. The molecule has 4 aliphatic heterocycles. The lowest BCUT2D eigenvalue weighted by Crippen LogP contribution is -2.64. The Balaban J connectivity index is 1.02. The van der Waals surface area contributed by atoms with E-state index in [0.29, 0.717) is 55.5 Å². The molecule has 4 unspecified atom stereocenters. The normalized spacial score (nSPS) is 30.0. The van der Waals surface area contributed by atoms with Gasteiger partial charge in [0.05, 0.1) is 21.9 Å². The molecule has 2 aromatic carbocycles. The highest BCUT2D eigenvalue weighted by atomic mass is 19.1. The van der Waals surface area contributed by atoms with Crippen LogP contribution in [-0.4, -0.2) is 104 Å². The van der Waals surface area contributed by atoms with Crippen molar-refractivity contribution in [2.24, 2.45) is 5.41 Å². The molecule has 4 aromatic rings. The van der Waals surface area contributed by atoms with Gasteiger partial charge in [0.2, 0.25) is 11.8 Å². The summed E-state index contributed by atoms with van der Waals surface area (Å²) in [4.78, 5) is 46.7. The van der Waals surface area contributed by atoms with Crippen molar-refractivity contribution in [1.29, 1.82) is 0 Å². The van der Waals surface area contributed by atoms with Crippen LogP contribution < -0.4 is 15.0 Å². The van der Waals surface area contributed by atoms with Gasteiger partial charge in [-0.1, -0.05) is 18.6 Å². The smallest absolute Gasteiger partial charge is 0.319 e. The Morgan fingerprint density at radius 3 is 2.65 bits per heavy atom. The maximum absolute atomic E-state index is 17.2. The van der Waals surface area contributed by atoms with E-state index in [2.05, 4.69) is 37.6 Å². The van der Waals surface area contributed by atoms with Crippen LogP contribution in [0, 0.1) is 29.4 Å². The summed E-state index contributed by atoms with van der Waals surface area (Å²) in [6.45, 7) is 5.69. The number of anilines is 1. The number of fused-ring (bicyclic) bond motifs is 6. The largest absolute Gasteiger partial charge is 0.508 e. The number of aromatic nitrogens is 3. The second-order valence-corrected chi connectivity index (χ2v) is 17.1. The second kappa shape index (κ2) is 12.8. The Bertz CT molecular complexity index is 2440.